The Kier molecular flexibility index (Phi) is 5.99. The van der Waals surface area contributed by atoms with E-state index in [9.17, 15) is 9.59 Å². The van der Waals surface area contributed by atoms with Crippen molar-refractivity contribution in [3.8, 4) is 5.75 Å². The molecule has 0 saturated carbocycles. The lowest BCUT2D eigenvalue weighted by atomic mass is 10.1. The third kappa shape index (κ3) is 4.63. The van der Waals surface area contributed by atoms with E-state index in [0.29, 0.717) is 17.5 Å². The fourth-order valence-corrected chi connectivity index (χ4v) is 4.18. The largest absolute Gasteiger partial charge is 0.494 e. The van der Waals surface area contributed by atoms with Gasteiger partial charge in [0, 0.05) is 17.5 Å². The predicted molar refractivity (Wildman–Crippen MR) is 121 cm³/mol. The zero-order valence-electron chi connectivity index (χ0n) is 16.4. The number of thioether (sulfide) groups is 1. The summed E-state index contributed by atoms with van der Waals surface area (Å²) < 4.78 is 5.42. The van der Waals surface area contributed by atoms with Crippen molar-refractivity contribution in [1.29, 1.82) is 0 Å². The first-order valence-electron chi connectivity index (χ1n) is 9.69. The molecule has 1 heterocycles. The summed E-state index contributed by atoms with van der Waals surface area (Å²) in [4.78, 5) is 29.3. The number of carbonyl (C=O) groups is 2. The first-order valence-corrected chi connectivity index (χ1v) is 10.6. The van der Waals surface area contributed by atoms with E-state index in [1.807, 2.05) is 73.7 Å². The van der Waals surface area contributed by atoms with Gasteiger partial charge in [0.15, 0.2) is 5.17 Å². The van der Waals surface area contributed by atoms with E-state index in [4.69, 9.17) is 4.74 Å². The van der Waals surface area contributed by atoms with Crippen LogP contribution in [0.5, 0.6) is 5.75 Å². The minimum absolute atomic E-state index is 0.0714. The Labute approximate surface area is 178 Å². The number of aliphatic imine (C=N–C) groups is 1. The summed E-state index contributed by atoms with van der Waals surface area (Å²) in [6.07, 6.45) is 0.0714. The summed E-state index contributed by atoms with van der Waals surface area (Å²) >= 11 is 1.27. The summed E-state index contributed by atoms with van der Waals surface area (Å²) in [5.41, 5.74) is 1.45. The van der Waals surface area contributed by atoms with Gasteiger partial charge in [-0.3, -0.25) is 9.59 Å². The van der Waals surface area contributed by atoms with Crippen LogP contribution in [0, 0.1) is 0 Å². The SMILES string of the molecule is CCOc1ccc(N=C2NC(=O)[C@@H](CC(=O)Nc3cccc4ccccc34)S2)cc1. The molecule has 1 fully saturated rings. The van der Waals surface area contributed by atoms with Gasteiger partial charge in [-0.15, -0.1) is 0 Å². The molecule has 6 nitrogen and oxygen atoms in total. The minimum atomic E-state index is -0.513. The first-order chi connectivity index (χ1) is 14.6. The number of fused-ring (bicyclic) bond motifs is 1. The van der Waals surface area contributed by atoms with Crippen molar-refractivity contribution in [3.63, 3.8) is 0 Å². The van der Waals surface area contributed by atoms with Crippen LogP contribution in [-0.4, -0.2) is 28.8 Å². The summed E-state index contributed by atoms with van der Waals surface area (Å²) in [6.45, 7) is 2.53. The van der Waals surface area contributed by atoms with Crippen LogP contribution in [-0.2, 0) is 9.59 Å². The quantitative estimate of drug-likeness (QED) is 0.617. The highest BCUT2D eigenvalue weighted by molar-refractivity contribution is 8.15. The molecule has 1 atom stereocenters. The minimum Gasteiger partial charge on any atom is -0.494 e. The Morgan fingerprint density at radius 1 is 1.10 bits per heavy atom. The molecule has 1 aliphatic heterocycles. The van der Waals surface area contributed by atoms with Gasteiger partial charge in [0.05, 0.1) is 12.3 Å². The van der Waals surface area contributed by atoms with Gasteiger partial charge in [-0.2, -0.15) is 0 Å². The number of benzene rings is 3. The lowest BCUT2D eigenvalue weighted by Gasteiger charge is -2.10. The average molecular weight is 420 g/mol. The Bertz CT molecular complexity index is 1110. The number of hydrogen-bond acceptors (Lipinski definition) is 5. The van der Waals surface area contributed by atoms with E-state index in [1.165, 1.54) is 11.8 Å². The van der Waals surface area contributed by atoms with Gasteiger partial charge in [-0.05, 0) is 42.6 Å². The number of nitrogens with one attached hydrogen (secondary N) is 2. The van der Waals surface area contributed by atoms with E-state index in [1.54, 1.807) is 0 Å². The molecule has 0 bridgehead atoms. The molecule has 2 N–H and O–H groups in total. The van der Waals surface area contributed by atoms with E-state index >= 15 is 0 Å². The van der Waals surface area contributed by atoms with E-state index < -0.39 is 5.25 Å². The molecule has 1 saturated heterocycles. The number of amides is 2. The molecule has 0 unspecified atom stereocenters. The molecule has 3 aromatic rings. The number of amidine groups is 1. The maximum atomic E-state index is 12.6. The highest BCUT2D eigenvalue weighted by Crippen LogP contribution is 2.28. The number of carbonyl (C=O) groups excluding carboxylic acids is 2. The molecule has 2 amide bonds. The van der Waals surface area contributed by atoms with Crippen LogP contribution in [0.2, 0.25) is 0 Å². The fourth-order valence-electron chi connectivity index (χ4n) is 3.20. The zero-order chi connectivity index (χ0) is 20.9. The van der Waals surface area contributed by atoms with Crippen LogP contribution in [0.1, 0.15) is 13.3 Å². The molecule has 0 aromatic heterocycles. The van der Waals surface area contributed by atoms with Crippen LogP contribution in [0.3, 0.4) is 0 Å². The molecule has 7 heteroatoms. The lowest BCUT2D eigenvalue weighted by molar-refractivity contribution is -0.122. The van der Waals surface area contributed by atoms with Gasteiger partial charge < -0.3 is 15.4 Å². The molecular weight excluding hydrogens is 398 g/mol. The number of nitrogens with zero attached hydrogens (tertiary/aromatic N) is 1. The Balaban J connectivity index is 1.40. The molecule has 3 aromatic carbocycles. The monoisotopic (exact) mass is 419 g/mol. The van der Waals surface area contributed by atoms with E-state index in [2.05, 4.69) is 15.6 Å². The summed E-state index contributed by atoms with van der Waals surface area (Å²) in [5.74, 6) is 0.353. The van der Waals surface area contributed by atoms with Gasteiger partial charge in [0.25, 0.3) is 0 Å². The van der Waals surface area contributed by atoms with Crippen molar-refractivity contribution in [3.05, 3.63) is 66.7 Å². The van der Waals surface area contributed by atoms with Crippen molar-refractivity contribution < 1.29 is 14.3 Å². The Hall–Kier alpha value is -3.32. The van der Waals surface area contributed by atoms with Crippen LogP contribution in [0.4, 0.5) is 11.4 Å². The summed E-state index contributed by atoms with van der Waals surface area (Å²) in [6, 6.07) is 20.9. The second-order valence-electron chi connectivity index (χ2n) is 6.72. The molecule has 30 heavy (non-hydrogen) atoms. The normalized spacial score (nSPS) is 17.2. The van der Waals surface area contributed by atoms with Gasteiger partial charge in [0.2, 0.25) is 11.8 Å². The number of ether oxygens (including phenoxy) is 1. The summed E-state index contributed by atoms with van der Waals surface area (Å²) in [5, 5.41) is 7.68. The Morgan fingerprint density at radius 3 is 2.67 bits per heavy atom. The average Bonchev–Trinajstić information content (AvgIpc) is 3.08. The molecule has 0 aliphatic carbocycles. The third-order valence-corrected chi connectivity index (χ3v) is 5.67. The second-order valence-corrected chi connectivity index (χ2v) is 7.91. The third-order valence-electron chi connectivity index (χ3n) is 4.59. The van der Waals surface area contributed by atoms with Crippen molar-refractivity contribution in [2.45, 2.75) is 18.6 Å². The van der Waals surface area contributed by atoms with Crippen molar-refractivity contribution >= 4 is 50.9 Å². The number of anilines is 1. The van der Waals surface area contributed by atoms with Crippen molar-refractivity contribution in [2.24, 2.45) is 4.99 Å². The molecular formula is C23H21N3O3S. The molecule has 152 valence electrons. The second kappa shape index (κ2) is 9.00. The molecule has 0 radical (unpaired) electrons. The van der Waals surface area contributed by atoms with E-state index in [-0.39, 0.29) is 18.2 Å². The van der Waals surface area contributed by atoms with Crippen LogP contribution < -0.4 is 15.4 Å². The number of hydrogen-bond donors (Lipinski definition) is 2. The highest BCUT2D eigenvalue weighted by Gasteiger charge is 2.32. The van der Waals surface area contributed by atoms with E-state index in [0.717, 1.165) is 22.2 Å². The van der Waals surface area contributed by atoms with Gasteiger partial charge in [0.1, 0.15) is 11.0 Å². The first kappa shape index (κ1) is 20.0. The standard InChI is InChI=1S/C23H21N3O3S/c1-2-29-17-12-10-16(11-13-17)24-23-26-22(28)20(30-23)14-21(27)25-19-9-5-7-15-6-3-4-8-18(15)19/h3-13,20H,2,14H2,1H3,(H,25,27)(H,24,26,28)/t20-/m1/s1. The van der Waals surface area contributed by atoms with Gasteiger partial charge >= 0.3 is 0 Å². The maximum Gasteiger partial charge on any atom is 0.240 e. The lowest BCUT2D eigenvalue weighted by Crippen LogP contribution is -2.28. The van der Waals surface area contributed by atoms with Gasteiger partial charge in [-0.1, -0.05) is 48.2 Å². The van der Waals surface area contributed by atoms with Crippen LogP contribution in [0.25, 0.3) is 10.8 Å². The molecule has 0 spiro atoms. The van der Waals surface area contributed by atoms with Crippen LogP contribution in [0.15, 0.2) is 71.7 Å². The molecule has 1 aliphatic rings. The van der Waals surface area contributed by atoms with Crippen molar-refractivity contribution in [1.82, 2.24) is 5.32 Å². The topological polar surface area (TPSA) is 79.8 Å². The van der Waals surface area contributed by atoms with Crippen LogP contribution >= 0.6 is 11.8 Å². The maximum absolute atomic E-state index is 12.6. The highest BCUT2D eigenvalue weighted by atomic mass is 32.2. The zero-order valence-corrected chi connectivity index (χ0v) is 17.2. The predicted octanol–water partition coefficient (Wildman–Crippen LogP) is 4.49. The molecule has 4 rings (SSSR count). The Morgan fingerprint density at radius 2 is 1.87 bits per heavy atom. The number of rotatable bonds is 6. The summed E-state index contributed by atoms with van der Waals surface area (Å²) in [7, 11) is 0. The van der Waals surface area contributed by atoms with Crippen molar-refractivity contribution in [2.75, 3.05) is 11.9 Å². The fraction of sp³-hybridized carbons (Fsp3) is 0.174. The van der Waals surface area contributed by atoms with Gasteiger partial charge in [-0.25, -0.2) is 4.99 Å². The smallest absolute Gasteiger partial charge is 0.240 e.